The van der Waals surface area contributed by atoms with Crippen LogP contribution in [0.25, 0.3) is 22.3 Å². The van der Waals surface area contributed by atoms with Crippen molar-refractivity contribution in [1.82, 2.24) is 0 Å². The Morgan fingerprint density at radius 1 is 0.406 bits per heavy atom. The lowest BCUT2D eigenvalue weighted by molar-refractivity contribution is 0.149. The first kappa shape index (κ1) is 18.7. The second-order valence-electron chi connectivity index (χ2n) is 8.10. The molecule has 0 heterocycles. The van der Waals surface area contributed by atoms with E-state index in [4.69, 9.17) is 0 Å². The zero-order valence-corrected chi connectivity index (χ0v) is 17.1. The van der Waals surface area contributed by atoms with E-state index in [0.717, 1.165) is 44.5 Å². The maximum absolute atomic E-state index is 11.6. The molecule has 0 unspecified atom stereocenters. The number of aliphatic hydroxyl groups is 2. The lowest BCUT2D eigenvalue weighted by Gasteiger charge is -2.19. The molecule has 0 saturated heterocycles. The summed E-state index contributed by atoms with van der Waals surface area (Å²) in [6.45, 7) is 0. The van der Waals surface area contributed by atoms with Crippen molar-refractivity contribution in [2.24, 2.45) is 0 Å². The number of hydrogen-bond donors (Lipinski definition) is 2. The highest BCUT2D eigenvalue weighted by molar-refractivity contribution is 5.83. The van der Waals surface area contributed by atoms with Crippen molar-refractivity contribution in [3.63, 3.8) is 0 Å². The molecule has 6 rings (SSSR count). The molecule has 4 aromatic carbocycles. The van der Waals surface area contributed by atoms with E-state index in [0.29, 0.717) is 0 Å². The van der Waals surface area contributed by atoms with E-state index in [1.807, 2.05) is 97.1 Å². The van der Waals surface area contributed by atoms with Gasteiger partial charge in [0.25, 0.3) is 0 Å². The quantitative estimate of drug-likeness (QED) is 0.408. The largest absolute Gasteiger partial charge is 0.369 e. The molecule has 0 fully saturated rings. The van der Waals surface area contributed by atoms with Crippen molar-refractivity contribution in [1.29, 1.82) is 0 Å². The van der Waals surface area contributed by atoms with Crippen LogP contribution in [0, 0.1) is 23.7 Å². The molecule has 2 nitrogen and oxygen atoms in total. The van der Waals surface area contributed by atoms with Gasteiger partial charge in [-0.05, 0) is 45.9 Å². The molecule has 0 saturated carbocycles. The van der Waals surface area contributed by atoms with Crippen LogP contribution in [0.5, 0.6) is 0 Å². The molecule has 150 valence electrons. The average molecular weight is 410 g/mol. The van der Waals surface area contributed by atoms with Gasteiger partial charge in [-0.1, -0.05) is 97.1 Å². The van der Waals surface area contributed by atoms with E-state index in [9.17, 15) is 10.2 Å². The fourth-order valence-electron chi connectivity index (χ4n) is 4.94. The first-order valence-corrected chi connectivity index (χ1v) is 10.5. The lowest BCUT2D eigenvalue weighted by Crippen LogP contribution is -2.22. The van der Waals surface area contributed by atoms with Crippen LogP contribution in [0.2, 0.25) is 0 Å². The predicted octanol–water partition coefficient (Wildman–Crippen LogP) is 4.83. The van der Waals surface area contributed by atoms with Crippen molar-refractivity contribution in [2.45, 2.75) is 11.2 Å². The van der Waals surface area contributed by atoms with Gasteiger partial charge in [-0.2, -0.15) is 0 Å². The summed E-state index contributed by atoms with van der Waals surface area (Å²) in [5, 5.41) is 23.1. The van der Waals surface area contributed by atoms with Crippen molar-refractivity contribution in [3.8, 4) is 45.9 Å². The molecule has 0 bridgehead atoms. The molecule has 0 aliphatic heterocycles. The maximum Gasteiger partial charge on any atom is 0.179 e. The third kappa shape index (κ3) is 2.46. The molecule has 4 aromatic rings. The van der Waals surface area contributed by atoms with Crippen molar-refractivity contribution >= 4 is 0 Å². The van der Waals surface area contributed by atoms with Crippen LogP contribution in [0.4, 0.5) is 0 Å². The van der Waals surface area contributed by atoms with E-state index in [-0.39, 0.29) is 0 Å². The summed E-state index contributed by atoms with van der Waals surface area (Å²) in [5.74, 6) is 11.6. The summed E-state index contributed by atoms with van der Waals surface area (Å²) in [6.07, 6.45) is 0. The van der Waals surface area contributed by atoms with E-state index in [2.05, 4.69) is 23.7 Å². The number of hydrogen-bond acceptors (Lipinski definition) is 2. The molecule has 0 amide bonds. The molecule has 0 radical (unpaired) electrons. The molecule has 2 aliphatic rings. The van der Waals surface area contributed by atoms with Gasteiger partial charge in [0.05, 0.1) is 0 Å². The van der Waals surface area contributed by atoms with Crippen molar-refractivity contribution < 1.29 is 10.2 Å². The van der Waals surface area contributed by atoms with E-state index in [1.54, 1.807) is 0 Å². The van der Waals surface area contributed by atoms with Gasteiger partial charge in [-0.25, -0.2) is 0 Å². The van der Waals surface area contributed by atoms with E-state index < -0.39 is 11.2 Å². The molecule has 0 atom stereocenters. The second-order valence-corrected chi connectivity index (χ2v) is 8.10. The smallest absolute Gasteiger partial charge is 0.179 e. The lowest BCUT2D eigenvalue weighted by atomic mass is 9.91. The standard InChI is InChI=1S/C30H18O2/c31-29(25-15-5-1-11-21(25)22-12-2-6-16-26(22)29)19-9-10-20-30(32)27-17-7-3-13-23(27)24-14-4-8-18-28(24)30/h1-8,11-18,31-32H. The summed E-state index contributed by atoms with van der Waals surface area (Å²) >= 11 is 0. The van der Waals surface area contributed by atoms with E-state index >= 15 is 0 Å². The fourth-order valence-corrected chi connectivity index (χ4v) is 4.94. The molecule has 2 aliphatic carbocycles. The predicted molar refractivity (Wildman–Crippen MR) is 125 cm³/mol. The summed E-state index contributed by atoms with van der Waals surface area (Å²) in [5.41, 5.74) is 4.06. The molecule has 2 heteroatoms. The Morgan fingerprint density at radius 3 is 0.938 bits per heavy atom. The Hall–Kier alpha value is -4.08. The normalized spacial score (nSPS) is 15.2. The monoisotopic (exact) mass is 410 g/mol. The first-order chi connectivity index (χ1) is 15.6. The highest BCUT2D eigenvalue weighted by Gasteiger charge is 2.41. The van der Waals surface area contributed by atoms with Gasteiger partial charge < -0.3 is 10.2 Å². The van der Waals surface area contributed by atoms with Crippen LogP contribution < -0.4 is 0 Å². The fraction of sp³-hybridized carbons (Fsp3) is 0.0667. The van der Waals surface area contributed by atoms with Gasteiger partial charge >= 0.3 is 0 Å². The van der Waals surface area contributed by atoms with Crippen LogP contribution in [0.15, 0.2) is 97.1 Å². The van der Waals surface area contributed by atoms with Crippen LogP contribution in [-0.4, -0.2) is 10.2 Å². The molecular weight excluding hydrogens is 392 g/mol. The second kappa shape index (κ2) is 6.71. The highest BCUT2D eigenvalue weighted by atomic mass is 16.3. The first-order valence-electron chi connectivity index (χ1n) is 10.5. The van der Waals surface area contributed by atoms with Crippen molar-refractivity contribution in [3.05, 3.63) is 119 Å². The van der Waals surface area contributed by atoms with E-state index in [1.165, 1.54) is 0 Å². The van der Waals surface area contributed by atoms with Crippen LogP contribution in [-0.2, 0) is 11.2 Å². The minimum Gasteiger partial charge on any atom is -0.369 e. The SMILES string of the molecule is OC1(C#CC#CC2(O)c3ccccc3-c3ccccc32)c2ccccc2-c2ccccc21. The van der Waals surface area contributed by atoms with Gasteiger partial charge in [0.1, 0.15) is 0 Å². The molecule has 2 N–H and O–H groups in total. The summed E-state index contributed by atoms with van der Waals surface area (Å²) in [4.78, 5) is 0. The molecule has 32 heavy (non-hydrogen) atoms. The third-order valence-corrected chi connectivity index (χ3v) is 6.40. The minimum absolute atomic E-state index is 0.755. The van der Waals surface area contributed by atoms with Gasteiger partial charge in [-0.3, -0.25) is 0 Å². The summed E-state index contributed by atoms with van der Waals surface area (Å²) < 4.78 is 0. The van der Waals surface area contributed by atoms with Crippen LogP contribution >= 0.6 is 0 Å². The number of benzene rings is 4. The van der Waals surface area contributed by atoms with Crippen LogP contribution in [0.3, 0.4) is 0 Å². The summed E-state index contributed by atoms with van der Waals surface area (Å²) in [7, 11) is 0. The van der Waals surface area contributed by atoms with Gasteiger partial charge in [0, 0.05) is 22.3 Å². The van der Waals surface area contributed by atoms with Gasteiger partial charge in [0.2, 0.25) is 0 Å². The van der Waals surface area contributed by atoms with Gasteiger partial charge in [0.15, 0.2) is 11.2 Å². The highest BCUT2D eigenvalue weighted by Crippen LogP contribution is 2.48. The topological polar surface area (TPSA) is 40.5 Å². The maximum atomic E-state index is 11.6. The van der Waals surface area contributed by atoms with Crippen LogP contribution in [0.1, 0.15) is 22.3 Å². The Labute approximate surface area is 186 Å². The zero-order valence-electron chi connectivity index (χ0n) is 17.1. The molecular formula is C30H18O2. The number of fused-ring (bicyclic) bond motifs is 6. The average Bonchev–Trinajstić information content (AvgIpc) is 3.25. The number of rotatable bonds is 0. The third-order valence-electron chi connectivity index (χ3n) is 6.40. The van der Waals surface area contributed by atoms with Gasteiger partial charge in [-0.15, -0.1) is 0 Å². The Kier molecular flexibility index (Phi) is 3.91. The Bertz CT molecular complexity index is 1310. The Morgan fingerprint density at radius 2 is 0.656 bits per heavy atom. The Balaban J connectivity index is 1.46. The van der Waals surface area contributed by atoms with Crippen molar-refractivity contribution in [2.75, 3.05) is 0 Å². The molecule has 0 aromatic heterocycles. The minimum atomic E-state index is -1.43. The summed E-state index contributed by atoms with van der Waals surface area (Å²) in [6, 6.07) is 31.0. The zero-order chi connectivity index (χ0) is 21.8. The molecule has 0 spiro atoms.